The van der Waals surface area contributed by atoms with E-state index < -0.39 is 0 Å². The monoisotopic (exact) mass is 599 g/mol. The number of aliphatic hydroxyl groups excluding tert-OH is 1. The van der Waals surface area contributed by atoms with Crippen LogP contribution in [0.15, 0.2) is 35.1 Å². The molecule has 0 saturated heterocycles. The van der Waals surface area contributed by atoms with Crippen molar-refractivity contribution in [1.29, 1.82) is 0 Å². The summed E-state index contributed by atoms with van der Waals surface area (Å²) in [5, 5.41) is 9.19. The molecule has 0 saturated carbocycles. The number of fused-ring (bicyclic) bond motifs is 6. The number of aryl methyl sites for hydroxylation is 1. The van der Waals surface area contributed by atoms with E-state index in [4.69, 9.17) is 5.11 Å². The molecule has 3 aromatic rings. The largest absolute Gasteiger partial charge is 0.512 e. The SMILES string of the molecule is CC(=O)C=C(C)O.Cc1cn2c3c(c4ncc[c-]c4c2nc1=O)C(C)(C)CC3(C)C.[Ir]. The van der Waals surface area contributed by atoms with Crippen LogP contribution < -0.4 is 5.56 Å². The number of carbonyl (C=O) groups excluding carboxylic acids is 1. The first kappa shape index (κ1) is 24.9. The zero-order chi connectivity index (χ0) is 22.4. The van der Waals surface area contributed by atoms with E-state index in [0.717, 1.165) is 17.3 Å². The average Bonchev–Trinajstić information content (AvgIpc) is 2.80. The summed E-state index contributed by atoms with van der Waals surface area (Å²) in [6.07, 6.45) is 5.89. The predicted octanol–water partition coefficient (Wildman–Crippen LogP) is 4.34. The van der Waals surface area contributed by atoms with Gasteiger partial charge in [-0.05, 0) is 43.7 Å². The summed E-state index contributed by atoms with van der Waals surface area (Å²) < 4.78 is 2.10. The Hall–Kier alpha value is -2.37. The first-order chi connectivity index (χ1) is 13.8. The van der Waals surface area contributed by atoms with Crippen LogP contribution in [-0.2, 0) is 35.7 Å². The van der Waals surface area contributed by atoms with Crippen LogP contribution >= 0.6 is 0 Å². The van der Waals surface area contributed by atoms with Gasteiger partial charge in [0.25, 0.3) is 5.56 Å². The van der Waals surface area contributed by atoms with Gasteiger partial charge in [-0.3, -0.25) is 9.59 Å². The zero-order valence-electron chi connectivity index (χ0n) is 19.0. The molecule has 1 aliphatic carbocycles. The third kappa shape index (κ3) is 4.63. The fourth-order valence-corrected chi connectivity index (χ4v) is 4.73. The van der Waals surface area contributed by atoms with Gasteiger partial charge < -0.3 is 14.5 Å². The standard InChI is InChI=1S/C19H20N3O.C5H8O2.Ir/c1-11-9-22-15-13(18(2,3)10-19(15,4)5)14-12(7-6-8-20-14)16(22)21-17(11)23;1-4(6)3-5(2)7;/h6,8-9H,10H2,1-5H3;3,6H,1-2H3;/q-1;;. The van der Waals surface area contributed by atoms with Crippen LogP contribution in [-0.4, -0.2) is 25.3 Å². The summed E-state index contributed by atoms with van der Waals surface area (Å²) in [6.45, 7) is 13.7. The van der Waals surface area contributed by atoms with Crippen LogP contribution in [0.25, 0.3) is 16.6 Å². The zero-order valence-corrected chi connectivity index (χ0v) is 21.4. The molecule has 0 bridgehead atoms. The average molecular weight is 599 g/mol. The van der Waals surface area contributed by atoms with E-state index in [1.165, 1.54) is 31.2 Å². The third-order valence-electron chi connectivity index (χ3n) is 5.39. The van der Waals surface area contributed by atoms with Crippen LogP contribution in [0.2, 0.25) is 0 Å². The van der Waals surface area contributed by atoms with Gasteiger partial charge in [0, 0.05) is 49.1 Å². The number of pyridine rings is 2. The van der Waals surface area contributed by atoms with E-state index in [0.29, 0.717) is 11.2 Å². The van der Waals surface area contributed by atoms with Crippen molar-refractivity contribution in [1.82, 2.24) is 14.4 Å². The molecular weight excluding hydrogens is 570 g/mol. The topological polar surface area (TPSA) is 84.6 Å². The van der Waals surface area contributed by atoms with Gasteiger partial charge in [0.2, 0.25) is 0 Å². The molecule has 4 rings (SSSR count). The minimum atomic E-state index is -0.182. The third-order valence-corrected chi connectivity index (χ3v) is 5.39. The van der Waals surface area contributed by atoms with E-state index in [9.17, 15) is 9.59 Å². The van der Waals surface area contributed by atoms with Crippen molar-refractivity contribution < 1.29 is 30.0 Å². The van der Waals surface area contributed by atoms with Crippen LogP contribution in [0.5, 0.6) is 0 Å². The summed E-state index contributed by atoms with van der Waals surface area (Å²) in [5.74, 6) is -0.0625. The molecule has 31 heavy (non-hydrogen) atoms. The molecule has 0 fully saturated rings. The Morgan fingerprint density at radius 2 is 1.87 bits per heavy atom. The van der Waals surface area contributed by atoms with Gasteiger partial charge in [0.15, 0.2) is 5.78 Å². The number of allylic oxidation sites excluding steroid dienone is 2. The smallest absolute Gasteiger partial charge is 0.266 e. The first-order valence-corrected chi connectivity index (χ1v) is 9.96. The van der Waals surface area contributed by atoms with E-state index in [1.807, 2.05) is 13.1 Å². The number of ketones is 1. The van der Waals surface area contributed by atoms with Crippen molar-refractivity contribution >= 4 is 22.3 Å². The molecule has 1 aliphatic rings. The van der Waals surface area contributed by atoms with Crippen molar-refractivity contribution in [2.24, 2.45) is 0 Å². The number of hydrogen-bond acceptors (Lipinski definition) is 5. The normalized spacial score (nSPS) is 16.3. The molecule has 0 unspecified atom stereocenters. The van der Waals surface area contributed by atoms with Crippen molar-refractivity contribution in [3.8, 4) is 0 Å². The second-order valence-corrected chi connectivity index (χ2v) is 9.30. The van der Waals surface area contributed by atoms with E-state index in [2.05, 4.69) is 48.1 Å². The van der Waals surface area contributed by atoms with Gasteiger partial charge in [-0.1, -0.05) is 39.3 Å². The fourth-order valence-electron chi connectivity index (χ4n) is 4.73. The number of nitrogens with zero attached hydrogens (tertiary/aromatic N) is 3. The molecule has 167 valence electrons. The minimum Gasteiger partial charge on any atom is -0.512 e. The summed E-state index contributed by atoms with van der Waals surface area (Å²) in [4.78, 5) is 31.1. The second-order valence-electron chi connectivity index (χ2n) is 9.30. The maximum Gasteiger partial charge on any atom is 0.266 e. The Kier molecular flexibility index (Phi) is 6.94. The summed E-state index contributed by atoms with van der Waals surface area (Å²) in [5.41, 5.74) is 4.55. The molecule has 0 amide bonds. The van der Waals surface area contributed by atoms with Gasteiger partial charge in [0.05, 0.1) is 11.4 Å². The van der Waals surface area contributed by atoms with Crippen molar-refractivity contribution in [3.05, 3.63) is 63.5 Å². The Morgan fingerprint density at radius 1 is 1.23 bits per heavy atom. The summed E-state index contributed by atoms with van der Waals surface area (Å²) in [7, 11) is 0. The molecule has 3 heterocycles. The van der Waals surface area contributed by atoms with Crippen LogP contribution in [0, 0.1) is 13.0 Å². The number of aromatic nitrogens is 3. The Bertz CT molecular complexity index is 1250. The molecular formula is C24H28IrN3O3-. The molecule has 0 aromatic carbocycles. The quantitative estimate of drug-likeness (QED) is 0.195. The minimum absolute atomic E-state index is 0. The van der Waals surface area contributed by atoms with E-state index in [-0.39, 0.29) is 48.0 Å². The summed E-state index contributed by atoms with van der Waals surface area (Å²) >= 11 is 0. The van der Waals surface area contributed by atoms with Crippen LogP contribution in [0.4, 0.5) is 0 Å². The molecule has 1 radical (unpaired) electrons. The molecule has 3 aromatic heterocycles. The maximum atomic E-state index is 12.1. The fraction of sp³-hybridized carbons (Fsp3) is 0.417. The van der Waals surface area contributed by atoms with Gasteiger partial charge in [0.1, 0.15) is 0 Å². The van der Waals surface area contributed by atoms with Crippen LogP contribution in [0.3, 0.4) is 0 Å². The molecule has 1 N–H and O–H groups in total. The first-order valence-electron chi connectivity index (χ1n) is 9.96. The van der Waals surface area contributed by atoms with Crippen molar-refractivity contribution in [2.45, 2.75) is 65.7 Å². The summed E-state index contributed by atoms with van der Waals surface area (Å²) in [6, 6.07) is 5.04. The Morgan fingerprint density at radius 3 is 2.42 bits per heavy atom. The van der Waals surface area contributed by atoms with Gasteiger partial charge in [-0.25, -0.2) is 4.98 Å². The second kappa shape index (κ2) is 8.64. The number of rotatable bonds is 1. The molecule has 7 heteroatoms. The Balaban J connectivity index is 0.000000373. The van der Waals surface area contributed by atoms with Crippen molar-refractivity contribution in [3.63, 3.8) is 0 Å². The van der Waals surface area contributed by atoms with Gasteiger partial charge >= 0.3 is 0 Å². The molecule has 0 aliphatic heterocycles. The molecule has 0 atom stereocenters. The van der Waals surface area contributed by atoms with Gasteiger partial charge in [-0.2, -0.15) is 0 Å². The van der Waals surface area contributed by atoms with Gasteiger partial charge in [-0.15, -0.1) is 12.1 Å². The predicted molar refractivity (Wildman–Crippen MR) is 118 cm³/mol. The number of hydrogen-bond donors (Lipinski definition) is 1. The van der Waals surface area contributed by atoms with Crippen LogP contribution in [0.1, 0.15) is 64.8 Å². The van der Waals surface area contributed by atoms with E-state index >= 15 is 0 Å². The Labute approximate surface area is 195 Å². The van der Waals surface area contributed by atoms with E-state index in [1.54, 1.807) is 12.3 Å². The number of carbonyl (C=O) groups is 1. The number of aliphatic hydroxyl groups is 1. The maximum absolute atomic E-state index is 12.1. The molecule has 6 nitrogen and oxygen atoms in total. The molecule has 0 spiro atoms. The van der Waals surface area contributed by atoms with Crippen molar-refractivity contribution in [2.75, 3.05) is 0 Å².